The molecule has 3 heterocycles. The minimum absolute atomic E-state index is 0.283. The van der Waals surface area contributed by atoms with Crippen molar-refractivity contribution in [2.45, 2.75) is 19.9 Å². The second-order valence-electron chi connectivity index (χ2n) is 5.78. The van der Waals surface area contributed by atoms with Crippen LogP contribution >= 0.6 is 11.3 Å². The van der Waals surface area contributed by atoms with Crippen LogP contribution in [-0.4, -0.2) is 19.5 Å². The van der Waals surface area contributed by atoms with Crippen LogP contribution in [0, 0.1) is 0 Å². The van der Waals surface area contributed by atoms with Crippen molar-refractivity contribution in [1.82, 2.24) is 19.5 Å². The van der Waals surface area contributed by atoms with E-state index in [0.29, 0.717) is 0 Å². The lowest BCUT2D eigenvalue weighted by Crippen LogP contribution is -2.03. The van der Waals surface area contributed by atoms with Crippen LogP contribution < -0.4 is 5.32 Å². The summed E-state index contributed by atoms with van der Waals surface area (Å²) in [4.78, 5) is 15.1. The van der Waals surface area contributed by atoms with E-state index in [0.717, 1.165) is 33.4 Å². The molecule has 120 valence electrons. The highest BCUT2D eigenvalue weighted by Gasteiger charge is 2.16. The number of fused-ring (bicyclic) bond motifs is 1. The SMILES string of the molecule is CC(C)n1cnc2c(Nc3ccccc3)nc(-c3cccs3)nc21. The van der Waals surface area contributed by atoms with Gasteiger partial charge >= 0.3 is 0 Å². The Kier molecular flexibility index (Phi) is 3.74. The number of anilines is 2. The average Bonchev–Trinajstić information content (AvgIpc) is 3.25. The molecule has 0 aliphatic rings. The number of nitrogens with zero attached hydrogens (tertiary/aromatic N) is 4. The van der Waals surface area contributed by atoms with Crippen molar-refractivity contribution in [3.8, 4) is 10.7 Å². The molecule has 0 saturated heterocycles. The molecule has 0 aliphatic carbocycles. The van der Waals surface area contributed by atoms with Gasteiger partial charge in [-0.25, -0.2) is 15.0 Å². The number of para-hydroxylation sites is 1. The van der Waals surface area contributed by atoms with Crippen molar-refractivity contribution in [3.63, 3.8) is 0 Å². The maximum atomic E-state index is 4.76. The topological polar surface area (TPSA) is 55.6 Å². The molecule has 1 aromatic carbocycles. The second-order valence-corrected chi connectivity index (χ2v) is 6.73. The zero-order valence-electron chi connectivity index (χ0n) is 13.5. The second kappa shape index (κ2) is 6.05. The average molecular weight is 335 g/mol. The maximum absolute atomic E-state index is 4.76. The molecule has 24 heavy (non-hydrogen) atoms. The van der Waals surface area contributed by atoms with Crippen molar-refractivity contribution < 1.29 is 0 Å². The number of benzene rings is 1. The van der Waals surface area contributed by atoms with Crippen LogP contribution in [0.1, 0.15) is 19.9 Å². The van der Waals surface area contributed by atoms with Gasteiger partial charge in [-0.3, -0.25) is 0 Å². The Morgan fingerprint density at radius 2 is 1.88 bits per heavy atom. The summed E-state index contributed by atoms with van der Waals surface area (Å²) < 4.78 is 2.07. The van der Waals surface area contributed by atoms with E-state index < -0.39 is 0 Å². The van der Waals surface area contributed by atoms with E-state index in [1.54, 1.807) is 11.3 Å². The Morgan fingerprint density at radius 3 is 2.58 bits per heavy atom. The van der Waals surface area contributed by atoms with Gasteiger partial charge in [-0.1, -0.05) is 24.3 Å². The smallest absolute Gasteiger partial charge is 0.174 e. The number of rotatable bonds is 4. The largest absolute Gasteiger partial charge is 0.338 e. The minimum atomic E-state index is 0.283. The lowest BCUT2D eigenvalue weighted by atomic mass is 10.3. The Morgan fingerprint density at radius 1 is 1.04 bits per heavy atom. The Hall–Kier alpha value is -2.73. The molecule has 0 unspecified atom stereocenters. The van der Waals surface area contributed by atoms with Crippen molar-refractivity contribution in [1.29, 1.82) is 0 Å². The number of aromatic nitrogens is 4. The predicted molar refractivity (Wildman–Crippen MR) is 98.7 cm³/mol. The van der Waals surface area contributed by atoms with E-state index in [2.05, 4.69) is 28.7 Å². The molecule has 0 fully saturated rings. The highest BCUT2D eigenvalue weighted by atomic mass is 32.1. The Balaban J connectivity index is 1.90. The molecule has 0 bridgehead atoms. The third-order valence-electron chi connectivity index (χ3n) is 3.76. The fraction of sp³-hybridized carbons (Fsp3) is 0.167. The minimum Gasteiger partial charge on any atom is -0.338 e. The van der Waals surface area contributed by atoms with Crippen LogP contribution in [0.15, 0.2) is 54.2 Å². The van der Waals surface area contributed by atoms with E-state index in [4.69, 9.17) is 9.97 Å². The van der Waals surface area contributed by atoms with Crippen molar-refractivity contribution in [3.05, 3.63) is 54.2 Å². The molecule has 0 radical (unpaired) electrons. The van der Waals surface area contributed by atoms with Crippen molar-refractivity contribution >= 4 is 34.0 Å². The van der Waals surface area contributed by atoms with Gasteiger partial charge in [-0.15, -0.1) is 11.3 Å². The van der Waals surface area contributed by atoms with Gasteiger partial charge in [0.15, 0.2) is 22.8 Å². The molecule has 0 saturated carbocycles. The Bertz CT molecular complexity index is 958. The summed E-state index contributed by atoms with van der Waals surface area (Å²) in [5.41, 5.74) is 2.61. The van der Waals surface area contributed by atoms with Crippen LogP contribution in [0.5, 0.6) is 0 Å². The number of hydrogen-bond donors (Lipinski definition) is 1. The first-order valence-electron chi connectivity index (χ1n) is 7.83. The van der Waals surface area contributed by atoms with Gasteiger partial charge in [0.1, 0.15) is 0 Å². The highest BCUT2D eigenvalue weighted by molar-refractivity contribution is 7.13. The summed E-state index contributed by atoms with van der Waals surface area (Å²) in [7, 11) is 0. The fourth-order valence-electron chi connectivity index (χ4n) is 2.56. The highest BCUT2D eigenvalue weighted by Crippen LogP contribution is 2.29. The van der Waals surface area contributed by atoms with Gasteiger partial charge < -0.3 is 9.88 Å². The molecule has 0 atom stereocenters. The zero-order valence-corrected chi connectivity index (χ0v) is 14.3. The molecule has 0 spiro atoms. The summed E-state index contributed by atoms with van der Waals surface area (Å²) in [6, 6.07) is 14.3. The third-order valence-corrected chi connectivity index (χ3v) is 4.62. The Labute approximate surface area is 144 Å². The van der Waals surface area contributed by atoms with Crippen LogP contribution in [0.4, 0.5) is 11.5 Å². The number of imidazole rings is 1. The molecule has 1 N–H and O–H groups in total. The molecular weight excluding hydrogens is 318 g/mol. The number of nitrogens with one attached hydrogen (secondary N) is 1. The molecule has 4 aromatic rings. The van der Waals surface area contributed by atoms with E-state index in [9.17, 15) is 0 Å². The standard InChI is InChI=1S/C18H17N5S/c1-12(2)23-11-19-15-17(20-13-7-4-3-5-8-13)21-16(22-18(15)23)14-9-6-10-24-14/h3-12H,1-2H3,(H,20,21,22). The molecule has 0 amide bonds. The van der Waals surface area contributed by atoms with E-state index >= 15 is 0 Å². The van der Waals surface area contributed by atoms with E-state index in [-0.39, 0.29) is 6.04 Å². The molecule has 3 aromatic heterocycles. The lowest BCUT2D eigenvalue weighted by Gasteiger charge is -2.10. The van der Waals surface area contributed by atoms with Gasteiger partial charge in [0, 0.05) is 11.7 Å². The monoisotopic (exact) mass is 335 g/mol. The maximum Gasteiger partial charge on any atom is 0.174 e. The van der Waals surface area contributed by atoms with Crippen LogP contribution in [0.25, 0.3) is 21.9 Å². The first-order chi connectivity index (χ1) is 11.7. The van der Waals surface area contributed by atoms with Gasteiger partial charge in [-0.05, 0) is 37.4 Å². The summed E-state index contributed by atoms with van der Waals surface area (Å²) in [5, 5.41) is 5.41. The summed E-state index contributed by atoms with van der Waals surface area (Å²) in [6.07, 6.45) is 1.83. The number of thiophene rings is 1. The lowest BCUT2D eigenvalue weighted by molar-refractivity contribution is 0.613. The first kappa shape index (κ1) is 14.8. The van der Waals surface area contributed by atoms with Gasteiger partial charge in [0.05, 0.1) is 11.2 Å². The van der Waals surface area contributed by atoms with Gasteiger partial charge in [-0.2, -0.15) is 0 Å². The third kappa shape index (κ3) is 2.65. The van der Waals surface area contributed by atoms with Crippen LogP contribution in [-0.2, 0) is 0 Å². The number of hydrogen-bond acceptors (Lipinski definition) is 5. The predicted octanol–water partition coefficient (Wildman–Crippen LogP) is 4.88. The van der Waals surface area contributed by atoms with Gasteiger partial charge in [0.25, 0.3) is 0 Å². The summed E-state index contributed by atoms with van der Waals surface area (Å²) in [5.74, 6) is 1.45. The molecule has 0 aliphatic heterocycles. The molecule has 4 rings (SSSR count). The van der Waals surface area contributed by atoms with Crippen LogP contribution in [0.2, 0.25) is 0 Å². The van der Waals surface area contributed by atoms with E-state index in [1.807, 2.05) is 54.2 Å². The molecule has 5 nitrogen and oxygen atoms in total. The molecular formula is C18H17N5S. The zero-order chi connectivity index (χ0) is 16.5. The molecule has 6 heteroatoms. The first-order valence-corrected chi connectivity index (χ1v) is 8.71. The van der Waals surface area contributed by atoms with Gasteiger partial charge in [0.2, 0.25) is 0 Å². The summed E-state index contributed by atoms with van der Waals surface area (Å²) in [6.45, 7) is 4.25. The van der Waals surface area contributed by atoms with Crippen molar-refractivity contribution in [2.75, 3.05) is 5.32 Å². The quantitative estimate of drug-likeness (QED) is 0.577. The van der Waals surface area contributed by atoms with Crippen molar-refractivity contribution in [2.24, 2.45) is 0 Å². The van der Waals surface area contributed by atoms with E-state index in [1.165, 1.54) is 0 Å². The fourth-order valence-corrected chi connectivity index (χ4v) is 3.21. The van der Waals surface area contributed by atoms with Crippen LogP contribution in [0.3, 0.4) is 0 Å². The normalized spacial score (nSPS) is 11.3. The summed E-state index contributed by atoms with van der Waals surface area (Å²) >= 11 is 1.63.